The average molecular weight is 295 g/mol. The fourth-order valence-electron chi connectivity index (χ4n) is 3.32. The third-order valence-corrected chi connectivity index (χ3v) is 4.81. The number of amides is 1. The van der Waals surface area contributed by atoms with Crippen LogP contribution in [-0.2, 0) is 9.53 Å². The highest BCUT2D eigenvalue weighted by molar-refractivity contribution is 5.80. The number of hydrogen-bond acceptors (Lipinski definition) is 3. The van der Waals surface area contributed by atoms with Crippen LogP contribution in [0.1, 0.15) is 51.9 Å². The van der Waals surface area contributed by atoms with Crippen molar-refractivity contribution in [1.82, 2.24) is 5.32 Å². The maximum absolute atomic E-state index is 12.0. The standard InChI is InChI=1S/C16H25NO4/c1-3-4-9-12-10-16(12,2)21-15(20)17-13(14(18)19)11-7-5-6-8-11/h3,11-13H,1,4-10H2,2H3,(H,17,20)(H,18,19)/t12-,13-,16-/m0/s1. The first kappa shape index (κ1) is 15.9. The number of ether oxygens (including phenoxy) is 1. The Morgan fingerprint density at radius 3 is 2.71 bits per heavy atom. The van der Waals surface area contributed by atoms with Gasteiger partial charge in [0.2, 0.25) is 0 Å². The summed E-state index contributed by atoms with van der Waals surface area (Å²) in [6.07, 6.45) is 7.75. The van der Waals surface area contributed by atoms with Crippen LogP contribution in [0.2, 0.25) is 0 Å². The van der Waals surface area contributed by atoms with E-state index in [4.69, 9.17) is 4.74 Å². The lowest BCUT2D eigenvalue weighted by atomic mass is 9.98. The van der Waals surface area contributed by atoms with Gasteiger partial charge in [-0.05, 0) is 44.9 Å². The molecular weight excluding hydrogens is 270 g/mol. The molecule has 0 aromatic heterocycles. The molecule has 0 aliphatic heterocycles. The zero-order chi connectivity index (χ0) is 15.5. The predicted octanol–water partition coefficient (Wildman–Crippen LogP) is 3.10. The molecular formula is C16H25NO4. The van der Waals surface area contributed by atoms with Crippen molar-refractivity contribution >= 4 is 12.1 Å². The number of hydrogen-bond donors (Lipinski definition) is 2. The highest BCUT2D eigenvalue weighted by atomic mass is 16.6. The Kier molecular flexibility index (Phi) is 4.91. The zero-order valence-electron chi connectivity index (χ0n) is 12.6. The molecule has 2 saturated carbocycles. The number of aliphatic carboxylic acids is 1. The first-order valence-electron chi connectivity index (χ1n) is 7.79. The number of carbonyl (C=O) groups excluding carboxylic acids is 1. The van der Waals surface area contributed by atoms with Gasteiger partial charge in [0, 0.05) is 5.92 Å². The van der Waals surface area contributed by atoms with Crippen molar-refractivity contribution in [1.29, 1.82) is 0 Å². The molecule has 0 radical (unpaired) electrons. The van der Waals surface area contributed by atoms with Gasteiger partial charge < -0.3 is 15.2 Å². The molecule has 0 aromatic rings. The predicted molar refractivity (Wildman–Crippen MR) is 78.9 cm³/mol. The summed E-state index contributed by atoms with van der Waals surface area (Å²) in [5, 5.41) is 11.8. The highest BCUT2D eigenvalue weighted by Gasteiger charge is 2.53. The van der Waals surface area contributed by atoms with Crippen LogP contribution in [0.3, 0.4) is 0 Å². The van der Waals surface area contributed by atoms with Gasteiger partial charge in [-0.3, -0.25) is 0 Å². The van der Waals surface area contributed by atoms with E-state index in [1.165, 1.54) is 0 Å². The first-order valence-corrected chi connectivity index (χ1v) is 7.79. The van der Waals surface area contributed by atoms with E-state index < -0.39 is 23.7 Å². The number of carboxylic acids is 1. The van der Waals surface area contributed by atoms with E-state index in [1.807, 2.05) is 13.0 Å². The molecule has 2 aliphatic rings. The Bertz CT molecular complexity index is 417. The van der Waals surface area contributed by atoms with Crippen molar-refractivity contribution in [3.8, 4) is 0 Å². The minimum Gasteiger partial charge on any atom is -0.480 e. The number of allylic oxidation sites excluding steroid dienone is 1. The molecule has 3 atom stereocenters. The van der Waals surface area contributed by atoms with Crippen molar-refractivity contribution in [3.63, 3.8) is 0 Å². The van der Waals surface area contributed by atoms with Gasteiger partial charge >= 0.3 is 12.1 Å². The van der Waals surface area contributed by atoms with Gasteiger partial charge in [-0.15, -0.1) is 6.58 Å². The van der Waals surface area contributed by atoms with E-state index >= 15 is 0 Å². The first-order chi connectivity index (χ1) is 9.96. The normalized spacial score (nSPS) is 29.7. The lowest BCUT2D eigenvalue weighted by Crippen LogP contribution is -2.46. The Morgan fingerprint density at radius 1 is 1.48 bits per heavy atom. The molecule has 5 heteroatoms. The Balaban J connectivity index is 1.83. The van der Waals surface area contributed by atoms with E-state index in [9.17, 15) is 14.7 Å². The maximum Gasteiger partial charge on any atom is 0.408 e. The van der Waals surface area contributed by atoms with E-state index in [-0.39, 0.29) is 5.92 Å². The summed E-state index contributed by atoms with van der Waals surface area (Å²) < 4.78 is 5.45. The van der Waals surface area contributed by atoms with Gasteiger partial charge in [-0.1, -0.05) is 18.9 Å². The molecule has 2 fully saturated rings. The summed E-state index contributed by atoms with van der Waals surface area (Å²) >= 11 is 0. The second-order valence-corrected chi connectivity index (χ2v) is 6.47. The van der Waals surface area contributed by atoms with Gasteiger partial charge in [0.15, 0.2) is 0 Å². The van der Waals surface area contributed by atoms with Crippen LogP contribution in [0.4, 0.5) is 4.79 Å². The van der Waals surface area contributed by atoms with E-state index in [1.54, 1.807) is 0 Å². The quantitative estimate of drug-likeness (QED) is 0.708. The monoisotopic (exact) mass is 295 g/mol. The molecule has 0 spiro atoms. The second kappa shape index (κ2) is 6.50. The lowest BCUT2D eigenvalue weighted by molar-refractivity contribution is -0.140. The summed E-state index contributed by atoms with van der Waals surface area (Å²) in [4.78, 5) is 23.3. The molecule has 0 aromatic carbocycles. The Hall–Kier alpha value is -1.52. The molecule has 21 heavy (non-hydrogen) atoms. The van der Waals surface area contributed by atoms with Gasteiger partial charge in [0.1, 0.15) is 11.6 Å². The Labute approximate surface area is 125 Å². The van der Waals surface area contributed by atoms with Crippen LogP contribution in [-0.4, -0.2) is 28.8 Å². The van der Waals surface area contributed by atoms with Gasteiger partial charge in [-0.2, -0.15) is 0 Å². The van der Waals surface area contributed by atoms with Crippen molar-refractivity contribution < 1.29 is 19.4 Å². The van der Waals surface area contributed by atoms with Crippen molar-refractivity contribution in [2.75, 3.05) is 0 Å². The summed E-state index contributed by atoms with van der Waals surface area (Å²) in [7, 11) is 0. The third kappa shape index (κ3) is 3.99. The van der Waals surface area contributed by atoms with Crippen molar-refractivity contribution in [2.45, 2.75) is 63.5 Å². The van der Waals surface area contributed by atoms with Crippen LogP contribution in [0, 0.1) is 11.8 Å². The third-order valence-electron chi connectivity index (χ3n) is 4.81. The van der Waals surface area contributed by atoms with Crippen molar-refractivity contribution in [2.24, 2.45) is 11.8 Å². The topological polar surface area (TPSA) is 75.6 Å². The van der Waals surface area contributed by atoms with E-state index in [2.05, 4.69) is 11.9 Å². The van der Waals surface area contributed by atoms with Gasteiger partial charge in [0.25, 0.3) is 0 Å². The summed E-state index contributed by atoms with van der Waals surface area (Å²) in [5.74, 6) is -0.586. The maximum atomic E-state index is 12.0. The van der Waals surface area contributed by atoms with E-state index in [0.29, 0.717) is 5.92 Å². The average Bonchev–Trinajstić information content (AvgIpc) is 2.84. The molecule has 5 nitrogen and oxygen atoms in total. The molecule has 118 valence electrons. The van der Waals surface area contributed by atoms with Crippen LogP contribution in [0.25, 0.3) is 0 Å². The minimum absolute atomic E-state index is 0.0265. The van der Waals surface area contributed by atoms with E-state index in [0.717, 1.165) is 44.9 Å². The van der Waals surface area contributed by atoms with Crippen LogP contribution in [0.5, 0.6) is 0 Å². The number of nitrogens with one attached hydrogen (secondary N) is 1. The molecule has 2 aliphatic carbocycles. The number of carbonyl (C=O) groups is 2. The SMILES string of the molecule is C=CCC[C@H]1C[C@]1(C)OC(=O)N[C@H](C(=O)O)C1CCCC1. The summed E-state index contributed by atoms with van der Waals surface area (Å²) in [6, 6.07) is -0.825. The molecule has 0 bridgehead atoms. The molecule has 0 heterocycles. The molecule has 1 amide bonds. The van der Waals surface area contributed by atoms with Gasteiger partial charge in [-0.25, -0.2) is 9.59 Å². The molecule has 2 N–H and O–H groups in total. The highest BCUT2D eigenvalue weighted by Crippen LogP contribution is 2.49. The number of rotatable bonds is 7. The largest absolute Gasteiger partial charge is 0.480 e. The van der Waals surface area contributed by atoms with Crippen LogP contribution < -0.4 is 5.32 Å². The second-order valence-electron chi connectivity index (χ2n) is 6.47. The van der Waals surface area contributed by atoms with Crippen LogP contribution in [0.15, 0.2) is 12.7 Å². The van der Waals surface area contributed by atoms with Gasteiger partial charge in [0.05, 0.1) is 0 Å². The lowest BCUT2D eigenvalue weighted by Gasteiger charge is -2.22. The smallest absolute Gasteiger partial charge is 0.408 e. The van der Waals surface area contributed by atoms with Crippen molar-refractivity contribution in [3.05, 3.63) is 12.7 Å². The Morgan fingerprint density at radius 2 is 2.14 bits per heavy atom. The number of carboxylic acid groups (broad SMARTS) is 1. The molecule has 0 unspecified atom stereocenters. The summed E-state index contributed by atoms with van der Waals surface area (Å²) in [6.45, 7) is 5.60. The minimum atomic E-state index is -0.969. The fourth-order valence-corrected chi connectivity index (χ4v) is 3.32. The van der Waals surface area contributed by atoms with Crippen LogP contribution >= 0.6 is 0 Å². The summed E-state index contributed by atoms with van der Waals surface area (Å²) in [5.41, 5.74) is -0.439. The fraction of sp³-hybridized carbons (Fsp3) is 0.750. The zero-order valence-corrected chi connectivity index (χ0v) is 12.6. The molecule has 2 rings (SSSR count). The molecule has 0 saturated heterocycles. The number of alkyl carbamates (subject to hydrolysis) is 1.